The van der Waals surface area contributed by atoms with Gasteiger partial charge in [0.25, 0.3) is 17.5 Å². The van der Waals surface area contributed by atoms with Gasteiger partial charge in [0, 0.05) is 22.2 Å². The Bertz CT molecular complexity index is 1450. The van der Waals surface area contributed by atoms with E-state index in [0.717, 1.165) is 16.0 Å². The molecule has 0 unspecified atom stereocenters. The average Bonchev–Trinajstić information content (AvgIpc) is 3.08. The lowest BCUT2D eigenvalue weighted by molar-refractivity contribution is -0.384. The van der Waals surface area contributed by atoms with Crippen molar-refractivity contribution in [3.05, 3.63) is 103 Å². The number of nitrogens with zero attached hydrogens (tertiary/aromatic N) is 2. The zero-order valence-corrected chi connectivity index (χ0v) is 20.1. The number of hydrogen-bond donors (Lipinski definition) is 0. The largest absolute Gasteiger partial charge is 0.454 e. The average molecular weight is 537 g/mol. The highest BCUT2D eigenvalue weighted by Crippen LogP contribution is 2.35. The number of carbonyl (C=O) groups excluding carboxylic acids is 4. The number of Topliss-reactive ketones (excluding diaryl/α,β-unsaturated/α-hetero) is 1. The number of rotatable bonds is 6. The third kappa shape index (κ3) is 4.47. The maximum absolute atomic E-state index is 13.0. The van der Waals surface area contributed by atoms with Crippen molar-refractivity contribution in [1.29, 1.82) is 0 Å². The van der Waals surface area contributed by atoms with Gasteiger partial charge in [0.15, 0.2) is 6.61 Å². The Hall–Kier alpha value is -4.18. The quantitative estimate of drug-likeness (QED) is 0.145. The molecule has 0 aliphatic carbocycles. The summed E-state index contributed by atoms with van der Waals surface area (Å²) in [4.78, 5) is 62.2. The zero-order chi connectivity index (χ0) is 25.4. The van der Waals surface area contributed by atoms with E-state index < -0.39 is 29.3 Å². The molecule has 3 aromatic carbocycles. The Morgan fingerprint density at radius 1 is 0.971 bits per heavy atom. The van der Waals surface area contributed by atoms with E-state index in [4.69, 9.17) is 4.74 Å². The summed E-state index contributed by atoms with van der Waals surface area (Å²) in [6.07, 6.45) is 0. The lowest BCUT2D eigenvalue weighted by Crippen LogP contribution is -2.29. The van der Waals surface area contributed by atoms with E-state index in [2.05, 4.69) is 15.9 Å². The molecule has 1 aliphatic rings. The van der Waals surface area contributed by atoms with Crippen molar-refractivity contribution in [2.45, 2.75) is 13.8 Å². The van der Waals surface area contributed by atoms with Gasteiger partial charge in [-0.25, -0.2) is 9.69 Å². The molecule has 1 heterocycles. The molecule has 10 heteroatoms. The summed E-state index contributed by atoms with van der Waals surface area (Å²) in [6.45, 7) is 3.16. The lowest BCUT2D eigenvalue weighted by Gasteiger charge is -2.15. The number of halogens is 1. The normalized spacial score (nSPS) is 12.5. The Morgan fingerprint density at radius 2 is 1.69 bits per heavy atom. The van der Waals surface area contributed by atoms with Crippen LogP contribution in [-0.4, -0.2) is 35.1 Å². The summed E-state index contributed by atoms with van der Waals surface area (Å²) in [5, 5.41) is 11.0. The fourth-order valence-electron chi connectivity index (χ4n) is 3.71. The number of ketones is 1. The summed E-state index contributed by atoms with van der Waals surface area (Å²) in [5.41, 5.74) is 2.09. The van der Waals surface area contributed by atoms with Crippen LogP contribution in [0.15, 0.2) is 59.1 Å². The highest BCUT2D eigenvalue weighted by Gasteiger charge is 2.38. The van der Waals surface area contributed by atoms with Gasteiger partial charge in [-0.15, -0.1) is 0 Å². The number of amides is 2. The first-order valence-corrected chi connectivity index (χ1v) is 11.1. The second kappa shape index (κ2) is 9.22. The first-order valence-electron chi connectivity index (χ1n) is 10.3. The van der Waals surface area contributed by atoms with Gasteiger partial charge < -0.3 is 4.74 Å². The minimum Gasteiger partial charge on any atom is -0.454 e. The summed E-state index contributed by atoms with van der Waals surface area (Å²) < 4.78 is 5.34. The predicted molar refractivity (Wildman–Crippen MR) is 129 cm³/mol. The second-order valence-corrected chi connectivity index (χ2v) is 8.77. The molecule has 9 nitrogen and oxygen atoms in total. The number of ether oxygens (including phenoxy) is 1. The minimum absolute atomic E-state index is 0.00304. The van der Waals surface area contributed by atoms with Crippen molar-refractivity contribution in [3.8, 4) is 0 Å². The molecule has 2 amide bonds. The number of aryl methyl sites for hydroxylation is 2. The van der Waals surface area contributed by atoms with E-state index in [-0.39, 0.29) is 38.3 Å². The van der Waals surface area contributed by atoms with Gasteiger partial charge in [0.1, 0.15) is 0 Å². The molecule has 35 heavy (non-hydrogen) atoms. The second-order valence-electron chi connectivity index (χ2n) is 7.92. The fourth-order valence-corrected chi connectivity index (χ4v) is 4.25. The number of non-ortho nitro benzene ring substituents is 1. The number of nitro benzene ring substituents is 1. The van der Waals surface area contributed by atoms with E-state index in [1.807, 2.05) is 19.1 Å². The van der Waals surface area contributed by atoms with Crippen LogP contribution in [0.1, 0.15) is 52.6 Å². The topological polar surface area (TPSA) is 124 Å². The molecule has 0 saturated carbocycles. The van der Waals surface area contributed by atoms with Crippen LogP contribution >= 0.6 is 15.9 Å². The minimum atomic E-state index is -0.818. The monoisotopic (exact) mass is 536 g/mol. The van der Waals surface area contributed by atoms with Crippen molar-refractivity contribution in [3.63, 3.8) is 0 Å². The number of fused-ring (bicyclic) bond motifs is 1. The van der Waals surface area contributed by atoms with E-state index in [0.29, 0.717) is 5.56 Å². The molecular formula is C25H17BrN2O7. The number of hydrogen-bond acceptors (Lipinski definition) is 7. The summed E-state index contributed by atoms with van der Waals surface area (Å²) in [7, 11) is 0. The Balaban J connectivity index is 1.54. The molecule has 0 fully saturated rings. The van der Waals surface area contributed by atoms with Crippen LogP contribution in [-0.2, 0) is 4.74 Å². The summed E-state index contributed by atoms with van der Waals surface area (Å²) in [6, 6.07) is 13.0. The van der Waals surface area contributed by atoms with Crippen LogP contribution < -0.4 is 4.90 Å². The molecule has 0 aromatic heterocycles. The standard InChI is InChI=1S/C25H17BrN2O7/c1-13-3-4-14(2)18(9-13)22(29)12-35-25(32)15-5-7-17-19(10-15)24(31)27(23(17)30)21-8-6-16(28(33)34)11-20(21)26/h3-11H,12H2,1-2H3. The number of nitro groups is 1. The Labute approximate surface area is 207 Å². The van der Waals surface area contributed by atoms with Gasteiger partial charge in [-0.05, 0) is 65.7 Å². The SMILES string of the molecule is Cc1ccc(C)c(C(=O)COC(=O)c2ccc3c(c2)C(=O)N(c2ccc([N+](=O)[O-])cc2Br)C3=O)c1. The van der Waals surface area contributed by atoms with Crippen LogP contribution in [0.4, 0.5) is 11.4 Å². The molecule has 0 spiro atoms. The van der Waals surface area contributed by atoms with Crippen LogP contribution in [0.3, 0.4) is 0 Å². The Kier molecular flexibility index (Phi) is 6.31. The molecule has 0 N–H and O–H groups in total. The molecule has 1 aliphatic heterocycles. The third-order valence-electron chi connectivity index (χ3n) is 5.53. The fraction of sp³-hybridized carbons (Fsp3) is 0.120. The molecule has 0 saturated heterocycles. The van der Waals surface area contributed by atoms with Gasteiger partial charge in [0.05, 0.1) is 27.3 Å². The van der Waals surface area contributed by atoms with Gasteiger partial charge in [-0.1, -0.05) is 17.7 Å². The van der Waals surface area contributed by atoms with Gasteiger partial charge >= 0.3 is 5.97 Å². The van der Waals surface area contributed by atoms with Crippen LogP contribution in [0.2, 0.25) is 0 Å². The number of benzene rings is 3. The van der Waals surface area contributed by atoms with E-state index in [9.17, 15) is 29.3 Å². The van der Waals surface area contributed by atoms with Crippen LogP contribution in [0, 0.1) is 24.0 Å². The van der Waals surface area contributed by atoms with Crippen molar-refractivity contribution in [1.82, 2.24) is 0 Å². The third-order valence-corrected chi connectivity index (χ3v) is 6.17. The van der Waals surface area contributed by atoms with Crippen molar-refractivity contribution in [2.75, 3.05) is 11.5 Å². The van der Waals surface area contributed by atoms with Gasteiger partial charge in [-0.2, -0.15) is 0 Å². The Morgan fingerprint density at radius 3 is 2.37 bits per heavy atom. The van der Waals surface area contributed by atoms with Crippen molar-refractivity contribution in [2.24, 2.45) is 0 Å². The first kappa shape index (κ1) is 24.0. The van der Waals surface area contributed by atoms with Gasteiger partial charge in [-0.3, -0.25) is 24.5 Å². The number of anilines is 1. The molecule has 0 radical (unpaired) electrons. The zero-order valence-electron chi connectivity index (χ0n) is 18.5. The highest BCUT2D eigenvalue weighted by atomic mass is 79.9. The maximum atomic E-state index is 13.0. The van der Waals surface area contributed by atoms with E-state index in [1.54, 1.807) is 13.0 Å². The van der Waals surface area contributed by atoms with E-state index >= 15 is 0 Å². The predicted octanol–water partition coefficient (Wildman–Crippen LogP) is 4.81. The number of imide groups is 1. The maximum Gasteiger partial charge on any atom is 0.338 e. The van der Waals surface area contributed by atoms with Crippen molar-refractivity contribution >= 4 is 50.9 Å². The first-order chi connectivity index (χ1) is 16.6. The highest BCUT2D eigenvalue weighted by molar-refractivity contribution is 9.10. The molecule has 4 rings (SSSR count). The molecule has 0 bridgehead atoms. The summed E-state index contributed by atoms with van der Waals surface area (Å²) >= 11 is 3.17. The molecule has 3 aromatic rings. The van der Waals surface area contributed by atoms with Gasteiger partial charge in [0.2, 0.25) is 5.78 Å². The smallest absolute Gasteiger partial charge is 0.338 e. The molecule has 0 atom stereocenters. The number of esters is 1. The summed E-state index contributed by atoms with van der Waals surface area (Å²) in [5.74, 6) is -2.51. The molecule has 176 valence electrons. The van der Waals surface area contributed by atoms with E-state index in [1.165, 1.54) is 36.4 Å². The lowest BCUT2D eigenvalue weighted by atomic mass is 10.0. The molecular weight excluding hydrogens is 520 g/mol. The number of carbonyl (C=O) groups is 4. The van der Waals surface area contributed by atoms with Crippen LogP contribution in [0.25, 0.3) is 0 Å². The van der Waals surface area contributed by atoms with Crippen molar-refractivity contribution < 1.29 is 28.8 Å². The van der Waals surface area contributed by atoms with Crippen LogP contribution in [0.5, 0.6) is 0 Å².